The molecule has 4 rings (SSSR count). The molecule has 0 unspecified atom stereocenters. The van der Waals surface area contributed by atoms with E-state index < -0.39 is 0 Å². The Morgan fingerprint density at radius 2 is 2.00 bits per heavy atom. The van der Waals surface area contributed by atoms with Crippen LogP contribution < -0.4 is 5.56 Å². The number of hydrogen-bond donors (Lipinski definition) is 0. The maximum Gasteiger partial charge on any atom is 0.271 e. The highest BCUT2D eigenvalue weighted by Crippen LogP contribution is 2.12. The Balaban J connectivity index is 1.44. The SMILES string of the molecule is N#Cc1ccc(CN2CCCN(C(=O)c3cnc4sccn4c3=O)CC2)cc1. The third kappa shape index (κ3) is 3.67. The number of amides is 1. The summed E-state index contributed by atoms with van der Waals surface area (Å²) in [5.74, 6) is -0.252. The lowest BCUT2D eigenvalue weighted by atomic mass is 10.1. The minimum absolute atomic E-state index is 0.122. The Labute approximate surface area is 166 Å². The van der Waals surface area contributed by atoms with E-state index in [9.17, 15) is 9.59 Å². The summed E-state index contributed by atoms with van der Waals surface area (Å²) in [7, 11) is 0. The standard InChI is InChI=1S/C20H19N5O2S/c21-12-15-2-4-16(5-3-15)14-23-6-1-7-24(9-8-23)18(26)17-13-22-20-25(19(17)27)10-11-28-20/h2-5,10-11,13H,1,6-9,14H2. The number of thiazole rings is 1. The molecule has 1 aliphatic rings. The Morgan fingerprint density at radius 3 is 2.79 bits per heavy atom. The van der Waals surface area contributed by atoms with Crippen LogP contribution in [0, 0.1) is 11.3 Å². The molecule has 1 aromatic carbocycles. The molecular formula is C20H19N5O2S. The molecule has 0 bridgehead atoms. The van der Waals surface area contributed by atoms with Crippen molar-refractivity contribution in [1.82, 2.24) is 19.2 Å². The molecule has 0 radical (unpaired) electrons. The van der Waals surface area contributed by atoms with Gasteiger partial charge in [0.05, 0.1) is 11.6 Å². The average Bonchev–Trinajstić information content (AvgIpc) is 3.09. The first-order valence-corrected chi connectivity index (χ1v) is 9.99. The second kappa shape index (κ2) is 7.92. The zero-order chi connectivity index (χ0) is 19.5. The van der Waals surface area contributed by atoms with Crippen LogP contribution in [-0.4, -0.2) is 51.3 Å². The lowest BCUT2D eigenvalue weighted by molar-refractivity contribution is 0.0758. The predicted molar refractivity (Wildman–Crippen MR) is 106 cm³/mol. The van der Waals surface area contributed by atoms with Gasteiger partial charge in [-0.25, -0.2) is 4.98 Å². The minimum atomic E-state index is -0.310. The molecule has 1 fully saturated rings. The summed E-state index contributed by atoms with van der Waals surface area (Å²) in [5.41, 5.74) is 1.61. The van der Waals surface area contributed by atoms with Crippen molar-refractivity contribution in [1.29, 1.82) is 5.26 Å². The zero-order valence-electron chi connectivity index (χ0n) is 15.2. The molecule has 28 heavy (non-hydrogen) atoms. The molecule has 1 saturated heterocycles. The van der Waals surface area contributed by atoms with Gasteiger partial charge in [0.25, 0.3) is 11.5 Å². The molecule has 2 aromatic heterocycles. The van der Waals surface area contributed by atoms with Gasteiger partial charge in [-0.2, -0.15) is 5.26 Å². The number of benzene rings is 1. The zero-order valence-corrected chi connectivity index (χ0v) is 16.1. The van der Waals surface area contributed by atoms with E-state index in [0.29, 0.717) is 23.6 Å². The molecule has 0 N–H and O–H groups in total. The number of rotatable bonds is 3. The summed E-state index contributed by atoms with van der Waals surface area (Å²) in [6, 6.07) is 9.71. The van der Waals surface area contributed by atoms with Gasteiger partial charge in [0.2, 0.25) is 0 Å². The van der Waals surface area contributed by atoms with E-state index in [1.165, 1.54) is 21.9 Å². The number of hydrogen-bond acceptors (Lipinski definition) is 6. The van der Waals surface area contributed by atoms with E-state index in [-0.39, 0.29) is 17.0 Å². The van der Waals surface area contributed by atoms with Gasteiger partial charge >= 0.3 is 0 Å². The van der Waals surface area contributed by atoms with E-state index >= 15 is 0 Å². The van der Waals surface area contributed by atoms with Crippen LogP contribution in [0.2, 0.25) is 0 Å². The van der Waals surface area contributed by atoms with Crippen molar-refractivity contribution in [2.24, 2.45) is 0 Å². The van der Waals surface area contributed by atoms with E-state index in [1.807, 2.05) is 24.3 Å². The maximum absolute atomic E-state index is 12.9. The van der Waals surface area contributed by atoms with Gasteiger partial charge in [-0.1, -0.05) is 12.1 Å². The van der Waals surface area contributed by atoms with Crippen molar-refractivity contribution >= 4 is 22.2 Å². The van der Waals surface area contributed by atoms with Crippen molar-refractivity contribution in [3.63, 3.8) is 0 Å². The number of nitriles is 1. The van der Waals surface area contributed by atoms with Crippen molar-refractivity contribution in [2.75, 3.05) is 26.2 Å². The molecule has 1 amide bonds. The number of nitrogens with zero attached hydrogens (tertiary/aromatic N) is 5. The second-order valence-electron chi connectivity index (χ2n) is 6.76. The molecule has 8 heteroatoms. The summed E-state index contributed by atoms with van der Waals surface area (Å²) in [6.45, 7) is 3.58. The van der Waals surface area contributed by atoms with E-state index in [1.54, 1.807) is 16.5 Å². The monoisotopic (exact) mass is 393 g/mol. The van der Waals surface area contributed by atoms with Gasteiger partial charge in [-0.15, -0.1) is 11.3 Å². The van der Waals surface area contributed by atoms with Crippen LogP contribution in [0.15, 0.2) is 46.8 Å². The van der Waals surface area contributed by atoms with Crippen molar-refractivity contribution in [2.45, 2.75) is 13.0 Å². The molecule has 3 heterocycles. The summed E-state index contributed by atoms with van der Waals surface area (Å²) < 4.78 is 1.42. The Bertz CT molecular complexity index is 1100. The lowest BCUT2D eigenvalue weighted by Crippen LogP contribution is -2.38. The Kier molecular flexibility index (Phi) is 5.19. The largest absolute Gasteiger partial charge is 0.337 e. The predicted octanol–water partition coefficient (Wildman–Crippen LogP) is 1.98. The summed E-state index contributed by atoms with van der Waals surface area (Å²) >= 11 is 1.37. The molecule has 7 nitrogen and oxygen atoms in total. The second-order valence-corrected chi connectivity index (χ2v) is 7.64. The molecule has 0 saturated carbocycles. The summed E-state index contributed by atoms with van der Waals surface area (Å²) in [5, 5.41) is 10.7. The first kappa shape index (κ1) is 18.3. The lowest BCUT2D eigenvalue weighted by Gasteiger charge is -2.22. The third-order valence-corrected chi connectivity index (χ3v) is 5.71. The van der Waals surface area contributed by atoms with Crippen LogP contribution >= 0.6 is 11.3 Å². The normalized spacial score (nSPS) is 15.3. The van der Waals surface area contributed by atoms with Crippen LogP contribution in [0.25, 0.3) is 4.96 Å². The van der Waals surface area contributed by atoms with Crippen LogP contribution in [0.5, 0.6) is 0 Å². The number of aromatic nitrogens is 2. The molecule has 0 aliphatic carbocycles. The number of carbonyl (C=O) groups excluding carboxylic acids is 1. The van der Waals surface area contributed by atoms with Crippen LogP contribution in [0.3, 0.4) is 0 Å². The first-order valence-electron chi connectivity index (χ1n) is 9.11. The van der Waals surface area contributed by atoms with Crippen molar-refractivity contribution in [3.8, 4) is 6.07 Å². The fourth-order valence-corrected chi connectivity index (χ4v) is 4.09. The van der Waals surface area contributed by atoms with Crippen LogP contribution in [0.1, 0.15) is 27.9 Å². The quantitative estimate of drug-likeness (QED) is 0.680. The van der Waals surface area contributed by atoms with Gasteiger partial charge in [0.1, 0.15) is 5.56 Å². The van der Waals surface area contributed by atoms with Gasteiger partial charge in [-0.3, -0.25) is 18.9 Å². The Morgan fingerprint density at radius 1 is 1.18 bits per heavy atom. The fraction of sp³-hybridized carbons (Fsp3) is 0.300. The fourth-order valence-electron chi connectivity index (χ4n) is 3.42. The van der Waals surface area contributed by atoms with Gasteiger partial charge in [-0.05, 0) is 24.1 Å². The highest BCUT2D eigenvalue weighted by molar-refractivity contribution is 7.15. The van der Waals surface area contributed by atoms with E-state index in [0.717, 1.165) is 31.6 Å². The average molecular weight is 393 g/mol. The smallest absolute Gasteiger partial charge is 0.271 e. The van der Waals surface area contributed by atoms with E-state index in [2.05, 4.69) is 16.0 Å². The molecule has 3 aromatic rings. The number of carbonyl (C=O) groups is 1. The molecule has 0 spiro atoms. The van der Waals surface area contributed by atoms with Crippen molar-refractivity contribution in [3.05, 3.63) is 69.1 Å². The highest BCUT2D eigenvalue weighted by atomic mass is 32.1. The van der Waals surface area contributed by atoms with Gasteiger partial charge < -0.3 is 4.90 Å². The first-order chi connectivity index (χ1) is 13.7. The molecular weight excluding hydrogens is 374 g/mol. The van der Waals surface area contributed by atoms with E-state index in [4.69, 9.17) is 5.26 Å². The van der Waals surface area contributed by atoms with Gasteiger partial charge in [0, 0.05) is 50.5 Å². The highest BCUT2D eigenvalue weighted by Gasteiger charge is 2.23. The number of fused-ring (bicyclic) bond motifs is 1. The Hall–Kier alpha value is -3.02. The topological polar surface area (TPSA) is 81.7 Å². The van der Waals surface area contributed by atoms with Crippen LogP contribution in [0.4, 0.5) is 0 Å². The third-order valence-electron chi connectivity index (χ3n) is 4.94. The summed E-state index contributed by atoms with van der Waals surface area (Å²) in [4.78, 5) is 34.3. The van der Waals surface area contributed by atoms with Gasteiger partial charge in [0.15, 0.2) is 4.96 Å². The van der Waals surface area contributed by atoms with Crippen molar-refractivity contribution < 1.29 is 4.79 Å². The molecule has 0 atom stereocenters. The molecule has 1 aliphatic heterocycles. The molecule has 142 valence electrons. The summed E-state index contributed by atoms with van der Waals surface area (Å²) in [6.07, 6.45) is 3.89. The minimum Gasteiger partial charge on any atom is -0.337 e. The maximum atomic E-state index is 12.9. The van der Waals surface area contributed by atoms with Crippen LogP contribution in [-0.2, 0) is 6.54 Å².